The lowest BCUT2D eigenvalue weighted by molar-refractivity contribution is -0.111. The Morgan fingerprint density at radius 2 is 2.10 bits per heavy atom. The van der Waals surface area contributed by atoms with Crippen LogP contribution < -0.4 is 0 Å². The molecule has 0 heterocycles. The molecule has 1 saturated carbocycles. The van der Waals surface area contributed by atoms with Crippen LogP contribution in [-0.4, -0.2) is 5.24 Å². The molecule has 0 aromatic carbocycles. The predicted molar refractivity (Wildman–Crippen MR) is 42.1 cm³/mol. The summed E-state index contributed by atoms with van der Waals surface area (Å²) < 4.78 is 0. The van der Waals surface area contributed by atoms with Crippen LogP contribution in [0.3, 0.4) is 0 Å². The van der Waals surface area contributed by atoms with Crippen LogP contribution in [-0.2, 0) is 4.79 Å². The zero-order valence-electron chi connectivity index (χ0n) is 6.11. The molecule has 2 heteroatoms. The first-order chi connectivity index (χ1) is 4.79. The third kappa shape index (κ3) is 3.89. The molecule has 10 heavy (non-hydrogen) atoms. The van der Waals surface area contributed by atoms with Crippen LogP contribution in [0.1, 0.15) is 38.5 Å². The summed E-state index contributed by atoms with van der Waals surface area (Å²) in [5.41, 5.74) is 0. The van der Waals surface area contributed by atoms with E-state index < -0.39 is 0 Å². The molecule has 0 unspecified atom stereocenters. The Hall–Kier alpha value is -0.0400. The summed E-state index contributed by atoms with van der Waals surface area (Å²) >= 11 is 5.17. The fourth-order valence-corrected chi connectivity index (χ4v) is 1.24. The van der Waals surface area contributed by atoms with E-state index in [0.717, 1.165) is 12.3 Å². The summed E-state index contributed by atoms with van der Waals surface area (Å²) in [4.78, 5) is 10.3. The molecule has 0 aromatic rings. The Labute approximate surface area is 66.8 Å². The van der Waals surface area contributed by atoms with Gasteiger partial charge in [-0.2, -0.15) is 0 Å². The van der Waals surface area contributed by atoms with Crippen LogP contribution in [0.5, 0.6) is 0 Å². The first kappa shape index (κ1) is 8.06. The maximum Gasteiger partial charge on any atom is 0.221 e. The molecule has 0 spiro atoms. The van der Waals surface area contributed by atoms with Gasteiger partial charge in [-0.1, -0.05) is 25.7 Å². The van der Waals surface area contributed by atoms with E-state index in [4.69, 9.17) is 11.6 Å². The Balaban J connectivity index is 1.80. The SMILES string of the molecule is O=C(Cl)CCCCC1CC1. The van der Waals surface area contributed by atoms with Gasteiger partial charge in [-0.05, 0) is 23.9 Å². The van der Waals surface area contributed by atoms with E-state index in [-0.39, 0.29) is 5.24 Å². The van der Waals surface area contributed by atoms with Gasteiger partial charge in [0.2, 0.25) is 5.24 Å². The Kier molecular flexibility index (Phi) is 3.20. The summed E-state index contributed by atoms with van der Waals surface area (Å²) in [5.74, 6) is 0.991. The van der Waals surface area contributed by atoms with Crippen LogP contribution in [0.15, 0.2) is 0 Å². The summed E-state index contributed by atoms with van der Waals surface area (Å²) in [6.07, 6.45) is 6.87. The van der Waals surface area contributed by atoms with Gasteiger partial charge in [-0.3, -0.25) is 4.79 Å². The highest BCUT2D eigenvalue weighted by Crippen LogP contribution is 2.33. The maximum absolute atomic E-state index is 10.3. The lowest BCUT2D eigenvalue weighted by Gasteiger charge is -1.94. The molecule has 0 aromatic heterocycles. The highest BCUT2D eigenvalue weighted by Gasteiger charge is 2.19. The van der Waals surface area contributed by atoms with E-state index in [1.165, 1.54) is 25.7 Å². The second kappa shape index (κ2) is 3.97. The topological polar surface area (TPSA) is 17.1 Å². The van der Waals surface area contributed by atoms with Crippen molar-refractivity contribution in [2.75, 3.05) is 0 Å². The zero-order valence-corrected chi connectivity index (χ0v) is 6.86. The minimum Gasteiger partial charge on any atom is -0.281 e. The average Bonchev–Trinajstić information content (AvgIpc) is 2.62. The van der Waals surface area contributed by atoms with Gasteiger partial charge in [0.05, 0.1) is 0 Å². The monoisotopic (exact) mass is 160 g/mol. The van der Waals surface area contributed by atoms with Crippen LogP contribution in [0, 0.1) is 5.92 Å². The molecule has 1 aliphatic rings. The Morgan fingerprint density at radius 1 is 1.40 bits per heavy atom. The van der Waals surface area contributed by atoms with Gasteiger partial charge in [-0.25, -0.2) is 0 Å². The van der Waals surface area contributed by atoms with Gasteiger partial charge in [0.1, 0.15) is 0 Å². The summed E-state index contributed by atoms with van der Waals surface area (Å²) in [5, 5.41) is -0.184. The Morgan fingerprint density at radius 3 is 2.60 bits per heavy atom. The van der Waals surface area contributed by atoms with E-state index in [9.17, 15) is 4.79 Å². The molecule has 1 rings (SSSR count). The van der Waals surface area contributed by atoms with Crippen molar-refractivity contribution >= 4 is 16.8 Å². The second-order valence-corrected chi connectivity index (χ2v) is 3.47. The molecular formula is C8H13ClO. The van der Waals surface area contributed by atoms with E-state index in [1.807, 2.05) is 0 Å². The molecule has 1 nitrogen and oxygen atoms in total. The molecule has 0 N–H and O–H groups in total. The first-order valence-corrected chi connectivity index (χ1v) is 4.35. The van der Waals surface area contributed by atoms with Crippen LogP contribution in [0.25, 0.3) is 0 Å². The molecule has 0 bridgehead atoms. The van der Waals surface area contributed by atoms with E-state index in [2.05, 4.69) is 0 Å². The third-order valence-corrected chi connectivity index (χ3v) is 2.12. The summed E-state index contributed by atoms with van der Waals surface area (Å²) in [7, 11) is 0. The second-order valence-electron chi connectivity index (χ2n) is 3.04. The predicted octanol–water partition coefficient (Wildman–Crippen LogP) is 2.72. The maximum atomic E-state index is 10.3. The minimum atomic E-state index is -0.184. The van der Waals surface area contributed by atoms with Crippen molar-refractivity contribution in [2.24, 2.45) is 5.92 Å². The number of hydrogen-bond donors (Lipinski definition) is 0. The highest BCUT2D eigenvalue weighted by molar-refractivity contribution is 6.63. The number of halogens is 1. The molecule has 0 saturated heterocycles. The highest BCUT2D eigenvalue weighted by atomic mass is 35.5. The smallest absolute Gasteiger partial charge is 0.221 e. The van der Waals surface area contributed by atoms with Gasteiger partial charge in [0.25, 0.3) is 0 Å². The molecule has 0 atom stereocenters. The van der Waals surface area contributed by atoms with Crippen molar-refractivity contribution < 1.29 is 4.79 Å². The van der Waals surface area contributed by atoms with Crippen molar-refractivity contribution in [3.05, 3.63) is 0 Å². The van der Waals surface area contributed by atoms with Gasteiger partial charge in [-0.15, -0.1) is 0 Å². The number of carbonyl (C=O) groups excluding carboxylic acids is 1. The fourth-order valence-electron chi connectivity index (χ4n) is 1.10. The largest absolute Gasteiger partial charge is 0.281 e. The normalized spacial score (nSPS) is 17.3. The Bertz CT molecular complexity index is 118. The molecule has 58 valence electrons. The van der Waals surface area contributed by atoms with E-state index >= 15 is 0 Å². The molecule has 1 fully saturated rings. The van der Waals surface area contributed by atoms with E-state index in [0.29, 0.717) is 6.42 Å². The summed E-state index contributed by atoms with van der Waals surface area (Å²) in [6.45, 7) is 0. The molecule has 0 aliphatic heterocycles. The fraction of sp³-hybridized carbons (Fsp3) is 0.875. The lowest BCUT2D eigenvalue weighted by atomic mass is 10.1. The van der Waals surface area contributed by atoms with Gasteiger partial charge in [0.15, 0.2) is 0 Å². The lowest BCUT2D eigenvalue weighted by Crippen LogP contribution is -1.86. The van der Waals surface area contributed by atoms with Crippen LogP contribution in [0.2, 0.25) is 0 Å². The minimum absolute atomic E-state index is 0.184. The molecule has 1 aliphatic carbocycles. The number of hydrogen-bond acceptors (Lipinski definition) is 1. The van der Waals surface area contributed by atoms with Gasteiger partial charge in [0, 0.05) is 6.42 Å². The number of rotatable bonds is 5. The number of carbonyl (C=O) groups is 1. The van der Waals surface area contributed by atoms with Crippen molar-refractivity contribution in [3.63, 3.8) is 0 Å². The van der Waals surface area contributed by atoms with Gasteiger partial charge < -0.3 is 0 Å². The standard InChI is InChI=1S/C8H13ClO/c9-8(10)4-2-1-3-7-5-6-7/h7H,1-6H2. The average molecular weight is 161 g/mol. The van der Waals surface area contributed by atoms with Crippen LogP contribution in [0.4, 0.5) is 0 Å². The number of unbranched alkanes of at least 4 members (excludes halogenated alkanes) is 1. The van der Waals surface area contributed by atoms with Crippen molar-refractivity contribution in [1.82, 2.24) is 0 Å². The first-order valence-electron chi connectivity index (χ1n) is 3.97. The van der Waals surface area contributed by atoms with Gasteiger partial charge >= 0.3 is 0 Å². The third-order valence-electron chi connectivity index (χ3n) is 1.93. The quantitative estimate of drug-likeness (QED) is 0.447. The molecule has 0 amide bonds. The zero-order chi connectivity index (χ0) is 7.40. The van der Waals surface area contributed by atoms with E-state index in [1.54, 1.807) is 0 Å². The summed E-state index contributed by atoms with van der Waals surface area (Å²) in [6, 6.07) is 0. The van der Waals surface area contributed by atoms with Crippen molar-refractivity contribution in [1.29, 1.82) is 0 Å². The molecule has 0 radical (unpaired) electrons. The van der Waals surface area contributed by atoms with Crippen molar-refractivity contribution in [3.8, 4) is 0 Å². The molecular weight excluding hydrogens is 148 g/mol. The van der Waals surface area contributed by atoms with Crippen LogP contribution >= 0.6 is 11.6 Å². The van der Waals surface area contributed by atoms with Crippen molar-refractivity contribution in [2.45, 2.75) is 38.5 Å².